The Bertz CT molecular complexity index is 760. The third-order valence-corrected chi connectivity index (χ3v) is 4.62. The van der Waals surface area contributed by atoms with Crippen molar-refractivity contribution in [2.45, 2.75) is 13.1 Å². The summed E-state index contributed by atoms with van der Waals surface area (Å²) in [5, 5.41) is 2.82. The standard InChI is InChI=1S/C20H23FN2O3/c1-25-17-6-7-18(19(21)12-17)20(24)22-13-15-4-2-3-5-16(15)14-23-8-10-26-11-9-23/h2-7,12H,8-11,13-14H2,1H3,(H,22,24)/p+1. The number of quaternary nitrogens is 1. The summed E-state index contributed by atoms with van der Waals surface area (Å²) in [4.78, 5) is 13.8. The lowest BCUT2D eigenvalue weighted by molar-refractivity contribution is -0.921. The van der Waals surface area contributed by atoms with E-state index >= 15 is 0 Å². The molecule has 0 unspecified atom stereocenters. The van der Waals surface area contributed by atoms with Gasteiger partial charge in [0.05, 0.1) is 25.9 Å². The minimum absolute atomic E-state index is 0.0158. The van der Waals surface area contributed by atoms with Gasteiger partial charge in [-0.2, -0.15) is 0 Å². The number of hydrogen-bond acceptors (Lipinski definition) is 3. The maximum Gasteiger partial charge on any atom is 0.254 e. The van der Waals surface area contributed by atoms with Crippen LogP contribution in [0.15, 0.2) is 42.5 Å². The van der Waals surface area contributed by atoms with E-state index in [4.69, 9.17) is 9.47 Å². The first-order valence-electron chi connectivity index (χ1n) is 8.77. The van der Waals surface area contributed by atoms with Crippen molar-refractivity contribution in [1.29, 1.82) is 0 Å². The zero-order chi connectivity index (χ0) is 18.4. The third kappa shape index (κ3) is 4.59. The van der Waals surface area contributed by atoms with Gasteiger partial charge in [0.1, 0.15) is 31.2 Å². The predicted octanol–water partition coefficient (Wildman–Crippen LogP) is 1.18. The highest BCUT2D eigenvalue weighted by Crippen LogP contribution is 2.16. The fraction of sp³-hybridized carbons (Fsp3) is 0.350. The summed E-state index contributed by atoms with van der Waals surface area (Å²) in [5.74, 6) is -0.635. The zero-order valence-electron chi connectivity index (χ0n) is 14.9. The van der Waals surface area contributed by atoms with Crippen LogP contribution in [-0.4, -0.2) is 39.3 Å². The smallest absolute Gasteiger partial charge is 0.254 e. The van der Waals surface area contributed by atoms with Crippen LogP contribution in [0.2, 0.25) is 0 Å². The molecule has 1 saturated heterocycles. The lowest BCUT2D eigenvalue weighted by Gasteiger charge is -2.24. The Kier molecular flexibility index (Phi) is 6.20. The molecule has 2 aromatic rings. The lowest BCUT2D eigenvalue weighted by atomic mass is 10.1. The van der Waals surface area contributed by atoms with Crippen LogP contribution in [0.4, 0.5) is 4.39 Å². The zero-order valence-corrected chi connectivity index (χ0v) is 14.9. The van der Waals surface area contributed by atoms with E-state index in [1.54, 1.807) is 6.07 Å². The van der Waals surface area contributed by atoms with Crippen LogP contribution in [0.5, 0.6) is 5.75 Å². The summed E-state index contributed by atoms with van der Waals surface area (Å²) in [7, 11) is 1.46. The number of morpholine rings is 1. The van der Waals surface area contributed by atoms with Crippen LogP contribution in [0.1, 0.15) is 21.5 Å². The van der Waals surface area contributed by atoms with E-state index in [-0.39, 0.29) is 5.56 Å². The molecule has 26 heavy (non-hydrogen) atoms. The molecule has 0 saturated carbocycles. The second-order valence-corrected chi connectivity index (χ2v) is 6.34. The van der Waals surface area contributed by atoms with Crippen LogP contribution in [0, 0.1) is 5.82 Å². The molecule has 6 heteroatoms. The van der Waals surface area contributed by atoms with Gasteiger partial charge in [-0.1, -0.05) is 24.3 Å². The summed E-state index contributed by atoms with van der Waals surface area (Å²) >= 11 is 0. The first-order valence-corrected chi connectivity index (χ1v) is 8.77. The third-order valence-electron chi connectivity index (χ3n) is 4.62. The minimum Gasteiger partial charge on any atom is -0.497 e. The molecule has 0 bridgehead atoms. The molecule has 1 fully saturated rings. The van der Waals surface area contributed by atoms with Crippen molar-refractivity contribution in [3.63, 3.8) is 0 Å². The Balaban J connectivity index is 1.65. The van der Waals surface area contributed by atoms with Gasteiger partial charge >= 0.3 is 0 Å². The average molecular weight is 359 g/mol. The van der Waals surface area contributed by atoms with Gasteiger partial charge in [0.15, 0.2) is 0 Å². The van der Waals surface area contributed by atoms with Crippen molar-refractivity contribution in [3.05, 3.63) is 65.0 Å². The van der Waals surface area contributed by atoms with Crippen molar-refractivity contribution in [1.82, 2.24) is 5.32 Å². The van der Waals surface area contributed by atoms with Gasteiger partial charge in [-0.15, -0.1) is 0 Å². The van der Waals surface area contributed by atoms with Crippen LogP contribution in [0.3, 0.4) is 0 Å². The Hall–Kier alpha value is -2.44. The van der Waals surface area contributed by atoms with Crippen LogP contribution in [-0.2, 0) is 17.8 Å². The maximum atomic E-state index is 14.0. The number of methoxy groups -OCH3 is 1. The molecule has 1 aliphatic rings. The van der Waals surface area contributed by atoms with Crippen LogP contribution >= 0.6 is 0 Å². The second kappa shape index (κ2) is 8.78. The summed E-state index contributed by atoms with van der Waals surface area (Å²) in [6.45, 7) is 4.79. The van der Waals surface area contributed by atoms with Crippen molar-refractivity contribution in [2.24, 2.45) is 0 Å². The predicted molar refractivity (Wildman–Crippen MR) is 95.8 cm³/mol. The fourth-order valence-electron chi connectivity index (χ4n) is 3.09. The highest BCUT2D eigenvalue weighted by atomic mass is 19.1. The Morgan fingerprint density at radius 1 is 1.19 bits per heavy atom. The molecule has 0 aliphatic carbocycles. The Morgan fingerprint density at radius 3 is 2.62 bits per heavy atom. The number of carbonyl (C=O) groups is 1. The molecule has 1 amide bonds. The number of hydrogen-bond donors (Lipinski definition) is 2. The van der Waals surface area contributed by atoms with E-state index in [0.717, 1.165) is 38.4 Å². The molecule has 5 nitrogen and oxygen atoms in total. The lowest BCUT2D eigenvalue weighted by Crippen LogP contribution is -3.12. The molecular weight excluding hydrogens is 335 g/mol. The molecule has 1 aliphatic heterocycles. The van der Waals surface area contributed by atoms with E-state index in [1.165, 1.54) is 29.7 Å². The number of nitrogens with one attached hydrogen (secondary N) is 2. The van der Waals surface area contributed by atoms with E-state index in [1.807, 2.05) is 18.2 Å². The van der Waals surface area contributed by atoms with Gasteiger partial charge in [-0.3, -0.25) is 4.79 Å². The quantitative estimate of drug-likeness (QED) is 0.814. The number of rotatable bonds is 6. The summed E-state index contributed by atoms with van der Waals surface area (Å²) < 4.78 is 24.4. The molecule has 2 N–H and O–H groups in total. The number of carbonyl (C=O) groups excluding carboxylic acids is 1. The first kappa shape index (κ1) is 18.4. The maximum absolute atomic E-state index is 14.0. The first-order chi connectivity index (χ1) is 12.7. The molecule has 2 aromatic carbocycles. The molecule has 0 spiro atoms. The molecule has 1 heterocycles. The molecular formula is C20H24FN2O3+. The number of amides is 1. The summed E-state index contributed by atoms with van der Waals surface area (Å²) in [6.07, 6.45) is 0. The summed E-state index contributed by atoms with van der Waals surface area (Å²) in [5.41, 5.74) is 2.26. The normalized spacial score (nSPS) is 14.8. The van der Waals surface area contributed by atoms with Gasteiger partial charge in [-0.25, -0.2) is 4.39 Å². The highest BCUT2D eigenvalue weighted by molar-refractivity contribution is 5.94. The number of ether oxygens (including phenoxy) is 2. The van der Waals surface area contributed by atoms with E-state index in [0.29, 0.717) is 12.3 Å². The Labute approximate surface area is 152 Å². The summed E-state index contributed by atoms with van der Waals surface area (Å²) in [6, 6.07) is 12.3. The van der Waals surface area contributed by atoms with Crippen molar-refractivity contribution in [3.8, 4) is 5.75 Å². The number of halogens is 1. The average Bonchev–Trinajstić information content (AvgIpc) is 2.67. The van der Waals surface area contributed by atoms with Gasteiger partial charge < -0.3 is 19.7 Å². The van der Waals surface area contributed by atoms with Gasteiger partial charge in [0.2, 0.25) is 0 Å². The second-order valence-electron chi connectivity index (χ2n) is 6.34. The van der Waals surface area contributed by atoms with Crippen molar-refractivity contribution in [2.75, 3.05) is 33.4 Å². The van der Waals surface area contributed by atoms with Gasteiger partial charge in [0, 0.05) is 18.2 Å². The molecule has 0 atom stereocenters. The van der Waals surface area contributed by atoms with Crippen LogP contribution < -0.4 is 15.0 Å². The Morgan fingerprint density at radius 2 is 1.92 bits per heavy atom. The number of benzene rings is 2. The monoisotopic (exact) mass is 359 g/mol. The largest absolute Gasteiger partial charge is 0.497 e. The highest BCUT2D eigenvalue weighted by Gasteiger charge is 2.17. The van der Waals surface area contributed by atoms with E-state index in [2.05, 4.69) is 11.4 Å². The topological polar surface area (TPSA) is 52.0 Å². The van der Waals surface area contributed by atoms with Gasteiger partial charge in [0.25, 0.3) is 5.91 Å². The molecule has 138 valence electrons. The fourth-order valence-corrected chi connectivity index (χ4v) is 3.09. The molecule has 3 rings (SSSR count). The molecule has 0 radical (unpaired) electrons. The molecule has 0 aromatic heterocycles. The van der Waals surface area contributed by atoms with E-state index in [9.17, 15) is 9.18 Å². The van der Waals surface area contributed by atoms with Crippen molar-refractivity contribution >= 4 is 5.91 Å². The van der Waals surface area contributed by atoms with Gasteiger partial charge in [-0.05, 0) is 17.7 Å². The van der Waals surface area contributed by atoms with Crippen LogP contribution in [0.25, 0.3) is 0 Å². The minimum atomic E-state index is -0.590. The SMILES string of the molecule is COc1ccc(C(=O)NCc2ccccc2C[NH+]2CCOCC2)c(F)c1. The van der Waals surface area contributed by atoms with E-state index < -0.39 is 11.7 Å². The van der Waals surface area contributed by atoms with Crippen molar-refractivity contribution < 1.29 is 23.6 Å².